The smallest absolute Gasteiger partial charge is 0.223 e. The van der Waals surface area contributed by atoms with Crippen molar-refractivity contribution < 1.29 is 4.79 Å². The molecule has 0 spiro atoms. The highest BCUT2D eigenvalue weighted by Crippen LogP contribution is 2.17. The number of hydrogen-bond donors (Lipinski definition) is 1. The Hall–Kier alpha value is -1.35. The van der Waals surface area contributed by atoms with Gasteiger partial charge >= 0.3 is 0 Å². The molecule has 0 aliphatic carbocycles. The lowest BCUT2D eigenvalue weighted by atomic mass is 9.97. The molecule has 1 N–H and O–H groups in total. The summed E-state index contributed by atoms with van der Waals surface area (Å²) in [5, 5.41) is 3.00. The predicted octanol–water partition coefficient (Wildman–Crippen LogP) is 2.22. The molecule has 1 amide bonds. The molecule has 1 aromatic rings. The topological polar surface area (TPSA) is 32.3 Å². The molecule has 3 nitrogen and oxygen atoms in total. The van der Waals surface area contributed by atoms with Crippen LogP contribution in [-0.4, -0.2) is 38.0 Å². The zero-order chi connectivity index (χ0) is 14.4. The Morgan fingerprint density at radius 2 is 1.89 bits per heavy atom. The van der Waals surface area contributed by atoms with Gasteiger partial charge in [-0.15, -0.1) is 0 Å². The number of likely N-dealkylation sites (N-methyl/N-ethyl adjacent to an activating group) is 1. The molecule has 3 heteroatoms. The van der Waals surface area contributed by atoms with Crippen molar-refractivity contribution in [2.24, 2.45) is 0 Å². The van der Waals surface area contributed by atoms with Crippen LogP contribution in [0.15, 0.2) is 12.1 Å². The Morgan fingerprint density at radius 1 is 1.21 bits per heavy atom. The van der Waals surface area contributed by atoms with E-state index < -0.39 is 0 Å². The van der Waals surface area contributed by atoms with Crippen LogP contribution in [0.5, 0.6) is 0 Å². The van der Waals surface area contributed by atoms with Crippen molar-refractivity contribution in [3.8, 4) is 0 Å². The van der Waals surface area contributed by atoms with Crippen molar-refractivity contribution in [3.63, 3.8) is 0 Å². The summed E-state index contributed by atoms with van der Waals surface area (Å²) in [4.78, 5) is 13.6. The van der Waals surface area contributed by atoms with E-state index in [-0.39, 0.29) is 5.91 Å². The number of carbonyl (C=O) groups excluding carboxylic acids is 1. The van der Waals surface area contributed by atoms with Gasteiger partial charge in [-0.3, -0.25) is 4.79 Å². The number of benzene rings is 1. The van der Waals surface area contributed by atoms with E-state index in [1.165, 1.54) is 22.3 Å². The summed E-state index contributed by atoms with van der Waals surface area (Å²) in [6.45, 7) is 7.99. The third kappa shape index (κ3) is 4.35. The summed E-state index contributed by atoms with van der Waals surface area (Å²) in [7, 11) is 3.75. The Labute approximate surface area is 117 Å². The van der Waals surface area contributed by atoms with E-state index in [1.807, 2.05) is 19.0 Å². The second-order valence-electron chi connectivity index (χ2n) is 5.21. The molecule has 0 saturated carbocycles. The Morgan fingerprint density at radius 3 is 2.53 bits per heavy atom. The van der Waals surface area contributed by atoms with Gasteiger partial charge in [-0.25, -0.2) is 0 Å². The van der Waals surface area contributed by atoms with Crippen LogP contribution in [0.4, 0.5) is 0 Å². The summed E-state index contributed by atoms with van der Waals surface area (Å²) in [5.41, 5.74) is 5.40. The SMILES string of the molecule is CNCCC(=O)N(C)CCc1ccc(C)c(C)c1C. The Balaban J connectivity index is 2.57. The van der Waals surface area contributed by atoms with Gasteiger partial charge in [0.25, 0.3) is 0 Å². The van der Waals surface area contributed by atoms with Gasteiger partial charge in [0, 0.05) is 26.6 Å². The number of carbonyl (C=O) groups is 1. The largest absolute Gasteiger partial charge is 0.345 e. The molecule has 0 bridgehead atoms. The summed E-state index contributed by atoms with van der Waals surface area (Å²) >= 11 is 0. The molecule has 0 fully saturated rings. The number of nitrogens with zero attached hydrogens (tertiary/aromatic N) is 1. The van der Waals surface area contributed by atoms with Gasteiger partial charge in [0.05, 0.1) is 0 Å². The zero-order valence-electron chi connectivity index (χ0n) is 12.8. The minimum Gasteiger partial charge on any atom is -0.345 e. The Kier molecular flexibility index (Phi) is 6.03. The number of amides is 1. The number of aryl methyl sites for hydroxylation is 1. The van der Waals surface area contributed by atoms with Gasteiger partial charge in [-0.05, 0) is 56.5 Å². The zero-order valence-corrected chi connectivity index (χ0v) is 12.8. The van der Waals surface area contributed by atoms with E-state index in [2.05, 4.69) is 38.2 Å². The van der Waals surface area contributed by atoms with Crippen LogP contribution in [0.1, 0.15) is 28.7 Å². The third-order valence-electron chi connectivity index (χ3n) is 3.90. The van der Waals surface area contributed by atoms with Gasteiger partial charge in [0.1, 0.15) is 0 Å². The standard InChI is InChI=1S/C16H26N2O/c1-12-6-7-15(14(3)13(12)2)9-11-18(5)16(19)8-10-17-4/h6-7,17H,8-11H2,1-5H3. The van der Waals surface area contributed by atoms with Gasteiger partial charge < -0.3 is 10.2 Å². The van der Waals surface area contributed by atoms with E-state index in [0.29, 0.717) is 6.42 Å². The first-order chi connectivity index (χ1) is 8.97. The van der Waals surface area contributed by atoms with E-state index >= 15 is 0 Å². The maximum absolute atomic E-state index is 11.8. The van der Waals surface area contributed by atoms with Crippen molar-refractivity contribution in [2.75, 3.05) is 27.2 Å². The van der Waals surface area contributed by atoms with Crippen LogP contribution in [-0.2, 0) is 11.2 Å². The highest BCUT2D eigenvalue weighted by molar-refractivity contribution is 5.76. The highest BCUT2D eigenvalue weighted by Gasteiger charge is 2.09. The molecule has 0 heterocycles. The maximum Gasteiger partial charge on any atom is 0.223 e. The lowest BCUT2D eigenvalue weighted by molar-refractivity contribution is -0.129. The molecule has 0 aromatic heterocycles. The van der Waals surface area contributed by atoms with Crippen LogP contribution in [0.25, 0.3) is 0 Å². The van der Waals surface area contributed by atoms with Crippen molar-refractivity contribution in [1.29, 1.82) is 0 Å². The normalized spacial score (nSPS) is 10.6. The van der Waals surface area contributed by atoms with Crippen molar-refractivity contribution in [2.45, 2.75) is 33.6 Å². The molecule has 0 unspecified atom stereocenters. The van der Waals surface area contributed by atoms with Gasteiger partial charge in [-0.1, -0.05) is 12.1 Å². The molecule has 19 heavy (non-hydrogen) atoms. The first-order valence-electron chi connectivity index (χ1n) is 6.91. The van der Waals surface area contributed by atoms with Gasteiger partial charge in [0.15, 0.2) is 0 Å². The molecule has 0 aliphatic heterocycles. The fraction of sp³-hybridized carbons (Fsp3) is 0.562. The van der Waals surface area contributed by atoms with Crippen molar-refractivity contribution in [1.82, 2.24) is 10.2 Å². The quantitative estimate of drug-likeness (QED) is 0.852. The molecular formula is C16H26N2O. The molecule has 1 aromatic carbocycles. The van der Waals surface area contributed by atoms with Crippen molar-refractivity contribution in [3.05, 3.63) is 34.4 Å². The first-order valence-corrected chi connectivity index (χ1v) is 6.91. The number of hydrogen-bond acceptors (Lipinski definition) is 2. The number of nitrogens with one attached hydrogen (secondary N) is 1. The molecule has 106 valence electrons. The molecular weight excluding hydrogens is 236 g/mol. The molecule has 1 rings (SSSR count). The van der Waals surface area contributed by atoms with E-state index in [9.17, 15) is 4.79 Å². The first kappa shape index (κ1) is 15.7. The second kappa shape index (κ2) is 7.29. The third-order valence-corrected chi connectivity index (χ3v) is 3.90. The second-order valence-corrected chi connectivity index (χ2v) is 5.21. The predicted molar refractivity (Wildman–Crippen MR) is 80.5 cm³/mol. The number of rotatable bonds is 6. The van der Waals surface area contributed by atoms with Crippen LogP contribution in [0.3, 0.4) is 0 Å². The molecule has 0 atom stereocenters. The maximum atomic E-state index is 11.8. The molecule has 0 saturated heterocycles. The molecule has 0 aliphatic rings. The minimum absolute atomic E-state index is 0.204. The molecule has 0 radical (unpaired) electrons. The van der Waals surface area contributed by atoms with Crippen LogP contribution >= 0.6 is 0 Å². The minimum atomic E-state index is 0.204. The fourth-order valence-electron chi connectivity index (χ4n) is 2.12. The van der Waals surface area contributed by atoms with Gasteiger partial charge in [0.2, 0.25) is 5.91 Å². The average Bonchev–Trinajstić information content (AvgIpc) is 2.41. The van der Waals surface area contributed by atoms with E-state index in [4.69, 9.17) is 0 Å². The monoisotopic (exact) mass is 262 g/mol. The van der Waals surface area contributed by atoms with Crippen LogP contribution in [0.2, 0.25) is 0 Å². The van der Waals surface area contributed by atoms with Gasteiger partial charge in [-0.2, -0.15) is 0 Å². The highest BCUT2D eigenvalue weighted by atomic mass is 16.2. The lowest BCUT2D eigenvalue weighted by Gasteiger charge is -2.18. The van der Waals surface area contributed by atoms with E-state index in [0.717, 1.165) is 19.5 Å². The average molecular weight is 262 g/mol. The van der Waals surface area contributed by atoms with Crippen LogP contribution < -0.4 is 5.32 Å². The van der Waals surface area contributed by atoms with E-state index in [1.54, 1.807) is 0 Å². The van der Waals surface area contributed by atoms with Crippen LogP contribution in [0, 0.1) is 20.8 Å². The summed E-state index contributed by atoms with van der Waals surface area (Å²) < 4.78 is 0. The summed E-state index contributed by atoms with van der Waals surface area (Å²) in [6.07, 6.45) is 1.49. The fourth-order valence-corrected chi connectivity index (χ4v) is 2.12. The lowest BCUT2D eigenvalue weighted by Crippen LogP contribution is -2.31. The summed E-state index contributed by atoms with van der Waals surface area (Å²) in [5.74, 6) is 0.204. The van der Waals surface area contributed by atoms with Crippen molar-refractivity contribution >= 4 is 5.91 Å². The Bertz CT molecular complexity index is 441. The summed E-state index contributed by atoms with van der Waals surface area (Å²) in [6, 6.07) is 4.35.